The van der Waals surface area contributed by atoms with Gasteiger partial charge in [-0.1, -0.05) is 18.2 Å². The van der Waals surface area contributed by atoms with Crippen molar-refractivity contribution in [2.45, 2.75) is 19.4 Å². The van der Waals surface area contributed by atoms with Crippen LogP contribution in [0.2, 0.25) is 0 Å². The predicted octanol–water partition coefficient (Wildman–Crippen LogP) is 1.66. The number of benzene rings is 1. The molecule has 6 nitrogen and oxygen atoms in total. The lowest BCUT2D eigenvalue weighted by atomic mass is 10.2. The molecule has 1 aromatic carbocycles. The third kappa shape index (κ3) is 3.09. The van der Waals surface area contributed by atoms with E-state index in [1.54, 1.807) is 29.1 Å². The predicted molar refractivity (Wildman–Crippen MR) is 71.9 cm³/mol. The van der Waals surface area contributed by atoms with Crippen molar-refractivity contribution >= 4 is 5.97 Å². The first-order chi connectivity index (χ1) is 9.61. The van der Waals surface area contributed by atoms with Gasteiger partial charge in [0, 0.05) is 17.5 Å². The van der Waals surface area contributed by atoms with Gasteiger partial charge in [-0.15, -0.1) is 0 Å². The summed E-state index contributed by atoms with van der Waals surface area (Å²) in [6.45, 7) is 0.364. The summed E-state index contributed by atoms with van der Waals surface area (Å²) in [5.74, 6) is -0.146. The van der Waals surface area contributed by atoms with Gasteiger partial charge in [0.25, 0.3) is 0 Å². The first-order valence-corrected chi connectivity index (χ1v) is 6.19. The van der Waals surface area contributed by atoms with Crippen molar-refractivity contribution in [1.82, 2.24) is 9.78 Å². The van der Waals surface area contributed by atoms with Crippen LogP contribution in [0.5, 0.6) is 11.6 Å². The SMILES string of the molecule is COc1c(CCC(=O)O)cnn1Cc1ccccc1O. The van der Waals surface area contributed by atoms with Gasteiger partial charge in [-0.25, -0.2) is 4.68 Å². The van der Waals surface area contributed by atoms with Gasteiger partial charge in [-0.3, -0.25) is 4.79 Å². The van der Waals surface area contributed by atoms with Gasteiger partial charge in [0.15, 0.2) is 0 Å². The molecule has 0 aliphatic heterocycles. The Morgan fingerprint density at radius 1 is 1.35 bits per heavy atom. The molecule has 0 bridgehead atoms. The fourth-order valence-electron chi connectivity index (χ4n) is 1.98. The monoisotopic (exact) mass is 276 g/mol. The van der Waals surface area contributed by atoms with E-state index in [1.807, 2.05) is 6.07 Å². The van der Waals surface area contributed by atoms with E-state index in [4.69, 9.17) is 9.84 Å². The molecular formula is C14H16N2O4. The molecule has 6 heteroatoms. The molecule has 1 aromatic heterocycles. The maximum Gasteiger partial charge on any atom is 0.303 e. The van der Waals surface area contributed by atoms with Crippen molar-refractivity contribution in [3.63, 3.8) is 0 Å². The number of rotatable bonds is 6. The molecule has 0 saturated heterocycles. The van der Waals surface area contributed by atoms with Gasteiger partial charge in [0.1, 0.15) is 5.75 Å². The number of phenolic OH excluding ortho intramolecular Hbond substituents is 1. The number of hydrogen-bond donors (Lipinski definition) is 2. The average Bonchev–Trinajstić information content (AvgIpc) is 2.81. The summed E-state index contributed by atoms with van der Waals surface area (Å²) in [4.78, 5) is 10.6. The zero-order valence-electron chi connectivity index (χ0n) is 11.1. The van der Waals surface area contributed by atoms with Crippen LogP contribution in [0.4, 0.5) is 0 Å². The maximum atomic E-state index is 10.6. The molecule has 0 saturated carbocycles. The molecule has 0 radical (unpaired) electrons. The van der Waals surface area contributed by atoms with E-state index in [2.05, 4.69) is 5.10 Å². The van der Waals surface area contributed by atoms with Crippen molar-refractivity contribution in [3.05, 3.63) is 41.6 Å². The minimum atomic E-state index is -0.861. The lowest BCUT2D eigenvalue weighted by Crippen LogP contribution is -2.05. The number of carboxylic acids is 1. The number of aromatic hydroxyl groups is 1. The van der Waals surface area contributed by atoms with Gasteiger partial charge >= 0.3 is 5.97 Å². The topological polar surface area (TPSA) is 84.6 Å². The summed E-state index contributed by atoms with van der Waals surface area (Å²) in [5.41, 5.74) is 1.46. The lowest BCUT2D eigenvalue weighted by Gasteiger charge is -2.09. The quantitative estimate of drug-likeness (QED) is 0.838. The summed E-state index contributed by atoms with van der Waals surface area (Å²) in [7, 11) is 1.52. The van der Waals surface area contributed by atoms with E-state index in [0.717, 1.165) is 11.1 Å². The van der Waals surface area contributed by atoms with Crippen LogP contribution in [0.15, 0.2) is 30.5 Å². The first-order valence-electron chi connectivity index (χ1n) is 6.19. The lowest BCUT2D eigenvalue weighted by molar-refractivity contribution is -0.136. The summed E-state index contributed by atoms with van der Waals surface area (Å²) in [6, 6.07) is 6.98. The smallest absolute Gasteiger partial charge is 0.303 e. The maximum absolute atomic E-state index is 10.6. The van der Waals surface area contributed by atoms with Crippen LogP contribution in [-0.4, -0.2) is 33.1 Å². The first kappa shape index (κ1) is 13.9. The van der Waals surface area contributed by atoms with E-state index >= 15 is 0 Å². The summed E-state index contributed by atoms with van der Waals surface area (Å²) < 4.78 is 6.89. The van der Waals surface area contributed by atoms with Crippen molar-refractivity contribution in [1.29, 1.82) is 0 Å². The number of carbonyl (C=O) groups is 1. The Balaban J connectivity index is 2.20. The fourth-order valence-corrected chi connectivity index (χ4v) is 1.98. The third-order valence-corrected chi connectivity index (χ3v) is 2.98. The average molecular weight is 276 g/mol. The van der Waals surface area contributed by atoms with E-state index < -0.39 is 5.97 Å². The molecule has 0 aliphatic carbocycles. The van der Waals surface area contributed by atoms with Crippen LogP contribution in [0.1, 0.15) is 17.5 Å². The number of nitrogens with zero attached hydrogens (tertiary/aromatic N) is 2. The number of methoxy groups -OCH3 is 1. The second kappa shape index (κ2) is 6.10. The molecule has 20 heavy (non-hydrogen) atoms. The zero-order chi connectivity index (χ0) is 14.5. The van der Waals surface area contributed by atoms with Gasteiger partial charge < -0.3 is 14.9 Å². The van der Waals surface area contributed by atoms with Crippen LogP contribution in [0.3, 0.4) is 0 Å². The Hall–Kier alpha value is -2.50. The summed E-state index contributed by atoms with van der Waals surface area (Å²) >= 11 is 0. The Morgan fingerprint density at radius 2 is 2.10 bits per heavy atom. The van der Waals surface area contributed by atoms with E-state index in [0.29, 0.717) is 18.8 Å². The van der Waals surface area contributed by atoms with Crippen molar-refractivity contribution in [3.8, 4) is 11.6 Å². The number of carboxylic acid groups (broad SMARTS) is 1. The molecule has 0 aliphatic rings. The summed E-state index contributed by atoms with van der Waals surface area (Å²) in [6.07, 6.45) is 1.99. The molecule has 106 valence electrons. The number of aromatic nitrogens is 2. The number of aliphatic carboxylic acids is 1. The van der Waals surface area contributed by atoms with Crippen LogP contribution in [0, 0.1) is 0 Å². The number of aryl methyl sites for hydroxylation is 1. The largest absolute Gasteiger partial charge is 0.508 e. The number of para-hydroxylation sites is 1. The van der Waals surface area contributed by atoms with Crippen LogP contribution >= 0.6 is 0 Å². The molecule has 2 N–H and O–H groups in total. The molecule has 2 rings (SSSR count). The molecule has 0 amide bonds. The molecule has 0 fully saturated rings. The van der Waals surface area contributed by atoms with Crippen molar-refractivity contribution in [2.24, 2.45) is 0 Å². The Morgan fingerprint density at radius 3 is 2.75 bits per heavy atom. The minimum Gasteiger partial charge on any atom is -0.508 e. The second-order valence-electron chi connectivity index (χ2n) is 4.36. The molecule has 0 spiro atoms. The highest BCUT2D eigenvalue weighted by Gasteiger charge is 2.13. The Kier molecular flexibility index (Phi) is 4.24. The Bertz CT molecular complexity index is 607. The fraction of sp³-hybridized carbons (Fsp3) is 0.286. The highest BCUT2D eigenvalue weighted by molar-refractivity contribution is 5.67. The van der Waals surface area contributed by atoms with Gasteiger partial charge in [-0.05, 0) is 12.5 Å². The minimum absolute atomic E-state index is 0.0264. The van der Waals surface area contributed by atoms with Crippen LogP contribution < -0.4 is 4.74 Å². The normalized spacial score (nSPS) is 10.4. The van der Waals surface area contributed by atoms with Crippen molar-refractivity contribution < 1.29 is 19.7 Å². The highest BCUT2D eigenvalue weighted by Crippen LogP contribution is 2.23. The number of hydrogen-bond acceptors (Lipinski definition) is 4. The van der Waals surface area contributed by atoms with Gasteiger partial charge in [0.05, 0.1) is 19.9 Å². The van der Waals surface area contributed by atoms with E-state index in [1.165, 1.54) is 7.11 Å². The highest BCUT2D eigenvalue weighted by atomic mass is 16.5. The molecule has 2 aromatic rings. The van der Waals surface area contributed by atoms with Crippen LogP contribution in [-0.2, 0) is 17.8 Å². The van der Waals surface area contributed by atoms with E-state index in [9.17, 15) is 9.90 Å². The third-order valence-electron chi connectivity index (χ3n) is 2.98. The zero-order valence-corrected chi connectivity index (χ0v) is 11.1. The second-order valence-corrected chi connectivity index (χ2v) is 4.36. The van der Waals surface area contributed by atoms with Gasteiger partial charge in [0.2, 0.25) is 5.88 Å². The standard InChI is InChI=1S/C14H16N2O4/c1-20-14-10(6-7-13(18)19)8-15-16(14)9-11-4-2-3-5-12(11)17/h2-5,8,17H,6-7,9H2,1H3,(H,18,19). The van der Waals surface area contributed by atoms with Crippen LogP contribution in [0.25, 0.3) is 0 Å². The number of ether oxygens (including phenoxy) is 1. The molecule has 0 atom stereocenters. The summed E-state index contributed by atoms with van der Waals surface area (Å²) in [5, 5.41) is 22.7. The number of phenols is 1. The van der Waals surface area contributed by atoms with Gasteiger partial charge in [-0.2, -0.15) is 5.10 Å². The molecule has 0 unspecified atom stereocenters. The Labute approximate surface area is 116 Å². The molecular weight excluding hydrogens is 260 g/mol. The van der Waals surface area contributed by atoms with E-state index in [-0.39, 0.29) is 12.2 Å². The van der Waals surface area contributed by atoms with Crippen molar-refractivity contribution in [2.75, 3.05) is 7.11 Å². The molecule has 1 heterocycles.